The Balaban J connectivity index is 1.50. The van der Waals surface area contributed by atoms with Crippen LogP contribution in [0.4, 0.5) is 0 Å². The highest BCUT2D eigenvalue weighted by Gasteiger charge is 2.53. The number of nitrogens with one attached hydrogen (secondary N) is 2. The van der Waals surface area contributed by atoms with Crippen LogP contribution in [0.5, 0.6) is 0 Å². The van der Waals surface area contributed by atoms with Crippen molar-refractivity contribution in [3.05, 3.63) is 17.0 Å². The fourth-order valence-corrected chi connectivity index (χ4v) is 2.99. The number of rotatable bonds is 5. The molecule has 5 heteroatoms. The van der Waals surface area contributed by atoms with Crippen LogP contribution < -0.4 is 10.6 Å². The van der Waals surface area contributed by atoms with Crippen LogP contribution in [0.15, 0.2) is 9.52 Å². The van der Waals surface area contributed by atoms with E-state index in [0.29, 0.717) is 12.0 Å². The molecule has 2 aliphatic carbocycles. The Hall–Kier alpha value is -1.52. The topological polar surface area (TPSA) is 62.5 Å². The Labute approximate surface area is 120 Å². The summed E-state index contributed by atoms with van der Waals surface area (Å²) in [6.45, 7) is 5.67. The Morgan fingerprint density at radius 1 is 1.35 bits per heavy atom. The number of aryl methyl sites for hydroxylation is 2. The highest BCUT2D eigenvalue weighted by atomic mass is 16.5. The van der Waals surface area contributed by atoms with Gasteiger partial charge in [-0.2, -0.15) is 0 Å². The average Bonchev–Trinajstić information content (AvgIpc) is 3.32. The molecule has 1 aromatic heterocycles. The summed E-state index contributed by atoms with van der Waals surface area (Å²) in [5.74, 6) is 2.72. The van der Waals surface area contributed by atoms with Gasteiger partial charge in [0.25, 0.3) is 0 Å². The van der Waals surface area contributed by atoms with Gasteiger partial charge in [0.05, 0.1) is 5.69 Å². The standard InChI is InChI=1S/C15H24N4O/c1-10-13(11(2)20-19-10)8-17-14(16-3)18-9-15(6-7-15)12-4-5-12/h12H,4-9H2,1-3H3,(H2,16,17,18). The normalized spacial score (nSPS) is 20.9. The predicted octanol–water partition coefficient (Wildman–Crippen LogP) is 2.15. The minimum Gasteiger partial charge on any atom is -0.361 e. The first-order chi connectivity index (χ1) is 9.64. The number of nitrogens with zero attached hydrogens (tertiary/aromatic N) is 2. The molecule has 0 saturated heterocycles. The van der Waals surface area contributed by atoms with E-state index < -0.39 is 0 Å². The summed E-state index contributed by atoms with van der Waals surface area (Å²) in [4.78, 5) is 4.30. The summed E-state index contributed by atoms with van der Waals surface area (Å²) in [5.41, 5.74) is 2.65. The lowest BCUT2D eigenvalue weighted by atomic mass is 10.0. The molecule has 0 bridgehead atoms. The lowest BCUT2D eigenvalue weighted by Crippen LogP contribution is -2.40. The third kappa shape index (κ3) is 2.67. The van der Waals surface area contributed by atoms with Gasteiger partial charge in [0.15, 0.2) is 5.96 Å². The van der Waals surface area contributed by atoms with Crippen LogP contribution >= 0.6 is 0 Å². The molecule has 0 aromatic carbocycles. The summed E-state index contributed by atoms with van der Waals surface area (Å²) in [6.07, 6.45) is 5.61. The Kier molecular flexibility index (Phi) is 3.44. The molecule has 2 aliphatic rings. The molecule has 2 saturated carbocycles. The van der Waals surface area contributed by atoms with E-state index in [4.69, 9.17) is 4.52 Å². The van der Waals surface area contributed by atoms with E-state index >= 15 is 0 Å². The molecule has 110 valence electrons. The summed E-state index contributed by atoms with van der Waals surface area (Å²) in [6, 6.07) is 0. The molecular formula is C15H24N4O. The second-order valence-electron chi connectivity index (χ2n) is 6.22. The zero-order chi connectivity index (χ0) is 14.2. The largest absolute Gasteiger partial charge is 0.361 e. The van der Waals surface area contributed by atoms with Gasteiger partial charge in [-0.3, -0.25) is 4.99 Å². The molecule has 2 fully saturated rings. The van der Waals surface area contributed by atoms with E-state index in [1.165, 1.54) is 25.7 Å². The Bertz CT molecular complexity index is 492. The number of aromatic nitrogens is 1. The van der Waals surface area contributed by atoms with Crippen LogP contribution in [0.25, 0.3) is 0 Å². The highest BCUT2D eigenvalue weighted by molar-refractivity contribution is 5.79. The second-order valence-corrected chi connectivity index (χ2v) is 6.22. The molecule has 0 amide bonds. The molecule has 0 radical (unpaired) electrons. The quantitative estimate of drug-likeness (QED) is 0.639. The fraction of sp³-hybridized carbons (Fsp3) is 0.733. The van der Waals surface area contributed by atoms with Gasteiger partial charge in [0, 0.05) is 25.7 Å². The van der Waals surface area contributed by atoms with E-state index in [1.54, 1.807) is 0 Å². The minimum atomic E-state index is 0.584. The van der Waals surface area contributed by atoms with Gasteiger partial charge in [-0.25, -0.2) is 0 Å². The predicted molar refractivity (Wildman–Crippen MR) is 78.6 cm³/mol. The third-order valence-corrected chi connectivity index (χ3v) is 4.78. The molecule has 3 rings (SSSR count). The number of hydrogen-bond donors (Lipinski definition) is 2. The van der Waals surface area contributed by atoms with Crippen molar-refractivity contribution in [2.45, 2.75) is 46.1 Å². The van der Waals surface area contributed by atoms with E-state index in [1.807, 2.05) is 20.9 Å². The fourth-order valence-electron chi connectivity index (χ4n) is 2.99. The van der Waals surface area contributed by atoms with E-state index in [-0.39, 0.29) is 0 Å². The van der Waals surface area contributed by atoms with E-state index in [2.05, 4.69) is 20.8 Å². The lowest BCUT2D eigenvalue weighted by molar-refractivity contribution is 0.392. The summed E-state index contributed by atoms with van der Waals surface area (Å²) in [5, 5.41) is 10.8. The maximum absolute atomic E-state index is 5.17. The van der Waals surface area contributed by atoms with Crippen LogP contribution in [0.3, 0.4) is 0 Å². The first-order valence-electron chi connectivity index (χ1n) is 7.51. The zero-order valence-corrected chi connectivity index (χ0v) is 12.6. The average molecular weight is 276 g/mol. The molecule has 20 heavy (non-hydrogen) atoms. The van der Waals surface area contributed by atoms with Gasteiger partial charge in [-0.15, -0.1) is 0 Å². The van der Waals surface area contributed by atoms with E-state index in [9.17, 15) is 0 Å². The van der Waals surface area contributed by atoms with Gasteiger partial charge >= 0.3 is 0 Å². The third-order valence-electron chi connectivity index (χ3n) is 4.78. The molecule has 0 atom stereocenters. The Morgan fingerprint density at radius 2 is 2.10 bits per heavy atom. The molecule has 1 heterocycles. The van der Waals surface area contributed by atoms with Crippen molar-refractivity contribution in [1.29, 1.82) is 0 Å². The van der Waals surface area contributed by atoms with Crippen molar-refractivity contribution >= 4 is 5.96 Å². The monoisotopic (exact) mass is 276 g/mol. The van der Waals surface area contributed by atoms with Crippen LogP contribution in [0, 0.1) is 25.2 Å². The summed E-state index contributed by atoms with van der Waals surface area (Å²) >= 11 is 0. The maximum atomic E-state index is 5.17. The zero-order valence-electron chi connectivity index (χ0n) is 12.6. The van der Waals surface area contributed by atoms with Crippen LogP contribution in [-0.2, 0) is 6.54 Å². The van der Waals surface area contributed by atoms with Crippen molar-refractivity contribution in [3.63, 3.8) is 0 Å². The first kappa shape index (κ1) is 13.5. The van der Waals surface area contributed by atoms with Crippen LogP contribution in [-0.4, -0.2) is 24.7 Å². The maximum Gasteiger partial charge on any atom is 0.191 e. The first-order valence-corrected chi connectivity index (χ1v) is 7.51. The second kappa shape index (κ2) is 5.11. The molecule has 1 aromatic rings. The number of hydrogen-bond acceptors (Lipinski definition) is 3. The van der Waals surface area contributed by atoms with Crippen LogP contribution in [0.1, 0.15) is 42.7 Å². The highest BCUT2D eigenvalue weighted by Crippen LogP contribution is 2.60. The van der Waals surface area contributed by atoms with Crippen molar-refractivity contribution < 1.29 is 4.52 Å². The molecule has 0 spiro atoms. The van der Waals surface area contributed by atoms with Crippen molar-refractivity contribution in [2.75, 3.05) is 13.6 Å². The smallest absolute Gasteiger partial charge is 0.191 e. The lowest BCUT2D eigenvalue weighted by Gasteiger charge is -2.18. The van der Waals surface area contributed by atoms with Gasteiger partial charge in [0.2, 0.25) is 0 Å². The molecule has 0 aliphatic heterocycles. The van der Waals surface area contributed by atoms with Gasteiger partial charge in [-0.1, -0.05) is 5.16 Å². The van der Waals surface area contributed by atoms with Crippen LogP contribution in [0.2, 0.25) is 0 Å². The molecule has 2 N–H and O–H groups in total. The van der Waals surface area contributed by atoms with E-state index in [0.717, 1.165) is 35.4 Å². The summed E-state index contributed by atoms with van der Waals surface area (Å²) < 4.78 is 5.17. The van der Waals surface area contributed by atoms with Gasteiger partial charge < -0.3 is 15.2 Å². The minimum absolute atomic E-state index is 0.584. The van der Waals surface area contributed by atoms with Gasteiger partial charge in [0.1, 0.15) is 5.76 Å². The van der Waals surface area contributed by atoms with Crippen molar-refractivity contribution in [2.24, 2.45) is 16.3 Å². The molecule has 0 unspecified atom stereocenters. The Morgan fingerprint density at radius 3 is 2.60 bits per heavy atom. The SMILES string of the molecule is CN=C(NCc1c(C)noc1C)NCC1(C2CC2)CC1. The molecule has 5 nitrogen and oxygen atoms in total. The van der Waals surface area contributed by atoms with Crippen molar-refractivity contribution in [1.82, 2.24) is 15.8 Å². The molecular weight excluding hydrogens is 252 g/mol. The summed E-state index contributed by atoms with van der Waals surface area (Å²) in [7, 11) is 1.82. The van der Waals surface area contributed by atoms with Gasteiger partial charge in [-0.05, 0) is 50.9 Å². The van der Waals surface area contributed by atoms with Crippen molar-refractivity contribution in [3.8, 4) is 0 Å². The number of guanidine groups is 1. The number of aliphatic imine (C=N–C) groups is 1.